The van der Waals surface area contributed by atoms with Gasteiger partial charge in [0.15, 0.2) is 0 Å². The lowest BCUT2D eigenvalue weighted by molar-refractivity contribution is 0.161. The summed E-state index contributed by atoms with van der Waals surface area (Å²) in [6, 6.07) is 8.04. The smallest absolute Gasteiger partial charge is 0.127 e. The molecule has 0 saturated heterocycles. The number of hydrogen-bond acceptors (Lipinski definition) is 4. The minimum atomic E-state index is -0.0153. The third-order valence-electron chi connectivity index (χ3n) is 3.78. The molecular weight excluding hydrogens is 270 g/mol. The van der Waals surface area contributed by atoms with E-state index >= 15 is 0 Å². The SMILES string of the molecule is COc1ccc2c(c1)[C@H](N)CC(c1cc(C)sc1C)O2. The quantitative estimate of drug-likeness (QED) is 0.912. The molecule has 3 nitrogen and oxygen atoms in total. The molecule has 1 aliphatic heterocycles. The molecule has 1 unspecified atom stereocenters. The van der Waals surface area contributed by atoms with Crippen LogP contribution in [0.2, 0.25) is 0 Å². The molecule has 0 amide bonds. The summed E-state index contributed by atoms with van der Waals surface area (Å²) in [5.41, 5.74) is 8.62. The number of rotatable bonds is 2. The van der Waals surface area contributed by atoms with E-state index in [0.29, 0.717) is 0 Å². The molecule has 106 valence electrons. The topological polar surface area (TPSA) is 44.5 Å². The average molecular weight is 289 g/mol. The maximum atomic E-state index is 6.32. The molecule has 2 N–H and O–H groups in total. The first-order valence-electron chi connectivity index (χ1n) is 6.75. The van der Waals surface area contributed by atoms with Crippen molar-refractivity contribution in [1.29, 1.82) is 0 Å². The van der Waals surface area contributed by atoms with Crippen molar-refractivity contribution in [2.45, 2.75) is 32.4 Å². The summed E-state index contributed by atoms with van der Waals surface area (Å²) in [5, 5.41) is 0. The Kier molecular flexibility index (Phi) is 3.44. The van der Waals surface area contributed by atoms with Crippen molar-refractivity contribution < 1.29 is 9.47 Å². The van der Waals surface area contributed by atoms with Crippen molar-refractivity contribution in [1.82, 2.24) is 0 Å². The van der Waals surface area contributed by atoms with E-state index in [4.69, 9.17) is 15.2 Å². The number of benzene rings is 1. The van der Waals surface area contributed by atoms with Crippen LogP contribution in [-0.2, 0) is 0 Å². The van der Waals surface area contributed by atoms with Gasteiger partial charge in [-0.05, 0) is 38.1 Å². The van der Waals surface area contributed by atoms with Crippen molar-refractivity contribution in [2.75, 3.05) is 7.11 Å². The Labute approximate surface area is 123 Å². The fourth-order valence-corrected chi connectivity index (χ4v) is 3.75. The number of aryl methyl sites for hydroxylation is 2. The fraction of sp³-hybridized carbons (Fsp3) is 0.375. The van der Waals surface area contributed by atoms with Gasteiger partial charge < -0.3 is 15.2 Å². The lowest BCUT2D eigenvalue weighted by Gasteiger charge is -2.30. The molecule has 2 heterocycles. The highest BCUT2D eigenvalue weighted by Crippen LogP contribution is 2.43. The van der Waals surface area contributed by atoms with Crippen LogP contribution in [0, 0.1) is 13.8 Å². The highest BCUT2D eigenvalue weighted by Gasteiger charge is 2.29. The molecule has 20 heavy (non-hydrogen) atoms. The summed E-state index contributed by atoms with van der Waals surface area (Å²) in [4.78, 5) is 2.63. The van der Waals surface area contributed by atoms with Gasteiger partial charge in [-0.3, -0.25) is 0 Å². The molecule has 0 aliphatic carbocycles. The Morgan fingerprint density at radius 2 is 2.05 bits per heavy atom. The average Bonchev–Trinajstić information content (AvgIpc) is 2.77. The molecule has 3 rings (SSSR count). The monoisotopic (exact) mass is 289 g/mol. The number of methoxy groups -OCH3 is 1. The number of fused-ring (bicyclic) bond motifs is 1. The normalized spacial score (nSPS) is 21.2. The maximum absolute atomic E-state index is 6.32. The number of nitrogens with two attached hydrogens (primary N) is 1. The minimum absolute atomic E-state index is 0.0153. The Morgan fingerprint density at radius 1 is 1.25 bits per heavy atom. The standard InChI is InChI=1S/C16H19NO2S/c1-9-6-12(10(2)20-9)16-8-14(17)13-7-11(18-3)4-5-15(13)19-16/h4-7,14,16H,8,17H2,1-3H3/t14-,16?/m1/s1. The van der Waals surface area contributed by atoms with E-state index in [1.54, 1.807) is 7.11 Å². The first-order valence-corrected chi connectivity index (χ1v) is 7.57. The van der Waals surface area contributed by atoms with Gasteiger partial charge >= 0.3 is 0 Å². The molecule has 0 radical (unpaired) electrons. The van der Waals surface area contributed by atoms with Crippen molar-refractivity contribution in [3.63, 3.8) is 0 Å². The first-order chi connectivity index (χ1) is 9.58. The van der Waals surface area contributed by atoms with Crippen LogP contribution in [0.5, 0.6) is 11.5 Å². The third kappa shape index (κ3) is 2.30. The highest BCUT2D eigenvalue weighted by molar-refractivity contribution is 7.12. The lowest BCUT2D eigenvalue weighted by Crippen LogP contribution is -2.24. The van der Waals surface area contributed by atoms with Gasteiger partial charge in [0, 0.05) is 33.3 Å². The van der Waals surface area contributed by atoms with Gasteiger partial charge in [-0.15, -0.1) is 11.3 Å². The Morgan fingerprint density at radius 3 is 2.70 bits per heavy atom. The van der Waals surface area contributed by atoms with Gasteiger partial charge in [0.1, 0.15) is 17.6 Å². The zero-order chi connectivity index (χ0) is 14.3. The van der Waals surface area contributed by atoms with Gasteiger partial charge in [-0.25, -0.2) is 0 Å². The number of thiophene rings is 1. The fourth-order valence-electron chi connectivity index (χ4n) is 2.77. The van der Waals surface area contributed by atoms with Crippen LogP contribution in [0.4, 0.5) is 0 Å². The van der Waals surface area contributed by atoms with E-state index in [2.05, 4.69) is 19.9 Å². The van der Waals surface area contributed by atoms with Crippen molar-refractivity contribution in [3.8, 4) is 11.5 Å². The van der Waals surface area contributed by atoms with Crippen LogP contribution in [0.3, 0.4) is 0 Å². The summed E-state index contributed by atoms with van der Waals surface area (Å²) in [7, 11) is 1.66. The van der Waals surface area contributed by atoms with Gasteiger partial charge in [-0.1, -0.05) is 0 Å². The summed E-state index contributed by atoms with van der Waals surface area (Å²) >= 11 is 1.81. The van der Waals surface area contributed by atoms with Gasteiger partial charge in [0.05, 0.1) is 7.11 Å². The Balaban J connectivity index is 1.94. The van der Waals surface area contributed by atoms with Crippen LogP contribution < -0.4 is 15.2 Å². The van der Waals surface area contributed by atoms with Crippen LogP contribution in [-0.4, -0.2) is 7.11 Å². The van der Waals surface area contributed by atoms with Crippen LogP contribution >= 0.6 is 11.3 Å². The zero-order valence-electron chi connectivity index (χ0n) is 12.0. The molecular formula is C16H19NO2S. The second kappa shape index (κ2) is 5.11. The summed E-state index contributed by atoms with van der Waals surface area (Å²) < 4.78 is 11.4. The van der Waals surface area contributed by atoms with E-state index in [0.717, 1.165) is 23.5 Å². The molecule has 2 aromatic rings. The second-order valence-electron chi connectivity index (χ2n) is 5.22. The minimum Gasteiger partial charge on any atom is -0.497 e. The number of hydrogen-bond donors (Lipinski definition) is 1. The van der Waals surface area contributed by atoms with E-state index in [9.17, 15) is 0 Å². The molecule has 4 heteroatoms. The van der Waals surface area contributed by atoms with Crippen molar-refractivity contribution in [3.05, 3.63) is 45.1 Å². The molecule has 0 bridgehead atoms. The Hall–Kier alpha value is -1.52. The van der Waals surface area contributed by atoms with Crippen molar-refractivity contribution >= 4 is 11.3 Å². The molecule has 0 spiro atoms. The second-order valence-corrected chi connectivity index (χ2v) is 6.68. The predicted molar refractivity (Wildman–Crippen MR) is 81.7 cm³/mol. The van der Waals surface area contributed by atoms with Gasteiger partial charge in [0.25, 0.3) is 0 Å². The van der Waals surface area contributed by atoms with Crippen molar-refractivity contribution in [2.24, 2.45) is 5.73 Å². The van der Waals surface area contributed by atoms with E-state index in [1.807, 2.05) is 29.5 Å². The van der Waals surface area contributed by atoms with Gasteiger partial charge in [0.2, 0.25) is 0 Å². The van der Waals surface area contributed by atoms with Crippen LogP contribution in [0.15, 0.2) is 24.3 Å². The first kappa shape index (κ1) is 13.5. The maximum Gasteiger partial charge on any atom is 0.127 e. The van der Waals surface area contributed by atoms with E-state index in [-0.39, 0.29) is 12.1 Å². The van der Waals surface area contributed by atoms with Gasteiger partial charge in [-0.2, -0.15) is 0 Å². The Bertz CT molecular complexity index is 635. The lowest BCUT2D eigenvalue weighted by atomic mass is 9.93. The molecule has 1 aromatic heterocycles. The molecule has 1 aromatic carbocycles. The highest BCUT2D eigenvalue weighted by atomic mass is 32.1. The molecule has 0 fully saturated rings. The summed E-state index contributed by atoms with van der Waals surface area (Å²) in [6.07, 6.45) is 0.854. The number of ether oxygens (including phenoxy) is 2. The van der Waals surface area contributed by atoms with E-state index < -0.39 is 0 Å². The van der Waals surface area contributed by atoms with Crippen LogP contribution in [0.1, 0.15) is 39.4 Å². The van der Waals surface area contributed by atoms with E-state index in [1.165, 1.54) is 15.3 Å². The molecule has 0 saturated carbocycles. The third-order valence-corrected chi connectivity index (χ3v) is 4.76. The van der Waals surface area contributed by atoms with Crippen LogP contribution in [0.25, 0.3) is 0 Å². The molecule has 1 aliphatic rings. The predicted octanol–water partition coefficient (Wildman–Crippen LogP) is 3.90. The summed E-state index contributed by atoms with van der Waals surface area (Å²) in [5.74, 6) is 1.70. The zero-order valence-corrected chi connectivity index (χ0v) is 12.8. The molecule has 2 atom stereocenters. The largest absolute Gasteiger partial charge is 0.497 e. The summed E-state index contributed by atoms with van der Waals surface area (Å²) in [6.45, 7) is 4.27.